The second-order valence-corrected chi connectivity index (χ2v) is 11.5. The highest BCUT2D eigenvalue weighted by atomic mass is 16.3. The highest BCUT2D eigenvalue weighted by molar-refractivity contribution is 5.92. The van der Waals surface area contributed by atoms with Crippen molar-refractivity contribution in [1.82, 2.24) is 25.1 Å². The third kappa shape index (κ3) is 5.04. The lowest BCUT2D eigenvalue weighted by Gasteiger charge is -2.15. The molecule has 0 radical (unpaired) electrons. The monoisotopic (exact) mass is 596 g/mol. The third-order valence-corrected chi connectivity index (χ3v) is 8.22. The molecule has 3 heterocycles. The maximum atomic E-state index is 11.3. The van der Waals surface area contributed by atoms with Crippen LogP contribution in [0.3, 0.4) is 0 Å². The van der Waals surface area contributed by atoms with Crippen LogP contribution in [0, 0.1) is 0 Å². The summed E-state index contributed by atoms with van der Waals surface area (Å²) in [5.74, 6) is 0.0934. The number of hydrogen-bond donors (Lipinski definition) is 1. The van der Waals surface area contributed by atoms with E-state index in [0.717, 1.165) is 61.3 Å². The maximum absolute atomic E-state index is 11.3. The van der Waals surface area contributed by atoms with E-state index in [1.165, 1.54) is 0 Å². The first-order valence-corrected chi connectivity index (χ1v) is 15.0. The van der Waals surface area contributed by atoms with Crippen LogP contribution in [0.1, 0.15) is 0 Å². The van der Waals surface area contributed by atoms with Gasteiger partial charge in [0.25, 0.3) is 0 Å². The van der Waals surface area contributed by atoms with Crippen molar-refractivity contribution in [3.63, 3.8) is 0 Å². The number of pyridine rings is 1. The molecule has 46 heavy (non-hydrogen) atoms. The highest BCUT2D eigenvalue weighted by Gasteiger charge is 2.15. The van der Waals surface area contributed by atoms with Crippen molar-refractivity contribution in [3.05, 3.63) is 127 Å². The Kier molecular flexibility index (Phi) is 6.57. The predicted molar refractivity (Wildman–Crippen MR) is 186 cm³/mol. The Morgan fingerprint density at radius 3 is 1.85 bits per heavy atom. The van der Waals surface area contributed by atoms with Crippen molar-refractivity contribution in [2.24, 2.45) is 0 Å². The molecule has 0 unspecified atom stereocenters. The summed E-state index contributed by atoms with van der Waals surface area (Å²) in [4.78, 5) is 16.7. The number of anilines is 1. The van der Waals surface area contributed by atoms with E-state index in [1.807, 2.05) is 93.0 Å². The summed E-state index contributed by atoms with van der Waals surface area (Å²) in [5, 5.41) is 21.3. The van der Waals surface area contributed by atoms with Crippen LogP contribution in [0.15, 0.2) is 127 Å². The molecule has 0 amide bonds. The van der Waals surface area contributed by atoms with Crippen LogP contribution in [0.4, 0.5) is 5.69 Å². The fraction of sp³-hybridized carbons (Fsp3) is 0.0513. The summed E-state index contributed by atoms with van der Waals surface area (Å²) in [6, 6.07) is 42.0. The number of phenols is 1. The van der Waals surface area contributed by atoms with E-state index < -0.39 is 0 Å². The summed E-state index contributed by atoms with van der Waals surface area (Å²) in [6.45, 7) is 0. The lowest BCUT2D eigenvalue weighted by atomic mass is 9.98. The number of phenolic OH excluding ortho intramolecular Hbond substituents is 1. The normalized spacial score (nSPS) is 11.3. The van der Waals surface area contributed by atoms with Crippen LogP contribution >= 0.6 is 0 Å². The van der Waals surface area contributed by atoms with Gasteiger partial charge in [-0.05, 0) is 71.8 Å². The molecule has 8 rings (SSSR count). The first kappa shape index (κ1) is 27.3. The first-order chi connectivity index (χ1) is 22.5. The standard InChI is InChI=1S/C39H28N6O/c1-45(2)29-16-14-24(15-17-29)28-20-34(25-9-7-10-26(18-25)35-19-27-8-3-4-11-31(27)43-44-35)42-36(21-28)30-22-37-38(23-39(30)46)41-33-13-6-5-12-32(33)40-37/h3-23,46H,1-2H3. The third-order valence-electron chi connectivity index (χ3n) is 8.22. The molecular formula is C39H28N6O. The van der Waals surface area contributed by atoms with Gasteiger partial charge >= 0.3 is 0 Å². The number of hydrogen-bond acceptors (Lipinski definition) is 7. The van der Waals surface area contributed by atoms with Crippen LogP contribution in [0.5, 0.6) is 5.75 Å². The number of fused-ring (bicyclic) bond motifs is 3. The predicted octanol–water partition coefficient (Wildman–Crippen LogP) is 8.56. The number of rotatable bonds is 5. The molecule has 7 heteroatoms. The van der Waals surface area contributed by atoms with Crippen LogP contribution in [0.25, 0.3) is 77.9 Å². The molecule has 3 aromatic heterocycles. The van der Waals surface area contributed by atoms with Crippen molar-refractivity contribution in [2.75, 3.05) is 19.0 Å². The minimum atomic E-state index is 0.0934. The van der Waals surface area contributed by atoms with Crippen LogP contribution in [-0.2, 0) is 0 Å². The number of aromatic hydroxyl groups is 1. The smallest absolute Gasteiger partial charge is 0.127 e. The van der Waals surface area contributed by atoms with Gasteiger partial charge in [-0.3, -0.25) is 0 Å². The zero-order chi connectivity index (χ0) is 31.2. The maximum Gasteiger partial charge on any atom is 0.127 e. The number of benzene rings is 5. The average molecular weight is 597 g/mol. The van der Waals surface area contributed by atoms with Gasteiger partial charge in [0.15, 0.2) is 0 Å². The second-order valence-electron chi connectivity index (χ2n) is 11.5. The lowest BCUT2D eigenvalue weighted by Crippen LogP contribution is -2.07. The topological polar surface area (TPSA) is 87.9 Å². The fourth-order valence-electron chi connectivity index (χ4n) is 5.76. The minimum absolute atomic E-state index is 0.0934. The Labute approximate surface area is 265 Å². The number of nitrogens with zero attached hydrogens (tertiary/aromatic N) is 6. The van der Waals surface area contributed by atoms with E-state index in [2.05, 4.69) is 57.6 Å². The van der Waals surface area contributed by atoms with Gasteiger partial charge in [-0.1, -0.05) is 60.7 Å². The van der Waals surface area contributed by atoms with Gasteiger partial charge in [-0.2, -0.15) is 0 Å². The Morgan fingerprint density at radius 1 is 0.457 bits per heavy atom. The molecule has 1 N–H and O–H groups in total. The van der Waals surface area contributed by atoms with Gasteiger partial charge in [0.1, 0.15) is 5.75 Å². The van der Waals surface area contributed by atoms with Gasteiger partial charge in [0.05, 0.1) is 44.7 Å². The summed E-state index contributed by atoms with van der Waals surface area (Å²) >= 11 is 0. The van der Waals surface area contributed by atoms with Crippen molar-refractivity contribution < 1.29 is 5.11 Å². The van der Waals surface area contributed by atoms with Crippen molar-refractivity contribution in [1.29, 1.82) is 0 Å². The zero-order valence-corrected chi connectivity index (χ0v) is 25.3. The summed E-state index contributed by atoms with van der Waals surface area (Å²) < 4.78 is 0. The largest absolute Gasteiger partial charge is 0.507 e. The van der Waals surface area contributed by atoms with E-state index in [0.29, 0.717) is 22.3 Å². The molecule has 0 fully saturated rings. The van der Waals surface area contributed by atoms with Gasteiger partial charge < -0.3 is 10.0 Å². The number of aromatic nitrogens is 5. The minimum Gasteiger partial charge on any atom is -0.507 e. The van der Waals surface area contributed by atoms with E-state index in [4.69, 9.17) is 15.0 Å². The molecule has 0 spiro atoms. The summed E-state index contributed by atoms with van der Waals surface area (Å²) in [6.07, 6.45) is 0. The Hall–Kier alpha value is -6.21. The first-order valence-electron chi connectivity index (χ1n) is 15.0. The second kappa shape index (κ2) is 11.1. The molecule has 0 aliphatic carbocycles. The van der Waals surface area contributed by atoms with Crippen molar-refractivity contribution in [2.45, 2.75) is 0 Å². The van der Waals surface area contributed by atoms with Gasteiger partial charge in [0, 0.05) is 47.9 Å². The highest BCUT2D eigenvalue weighted by Crippen LogP contribution is 2.37. The molecule has 0 aliphatic rings. The average Bonchev–Trinajstić information content (AvgIpc) is 3.10. The van der Waals surface area contributed by atoms with Crippen LogP contribution in [-0.4, -0.2) is 44.4 Å². The van der Waals surface area contributed by atoms with E-state index in [9.17, 15) is 5.11 Å². The van der Waals surface area contributed by atoms with Gasteiger partial charge in [-0.25, -0.2) is 15.0 Å². The Morgan fingerprint density at radius 2 is 1.11 bits per heavy atom. The summed E-state index contributed by atoms with van der Waals surface area (Å²) in [7, 11) is 4.05. The molecule has 5 aromatic carbocycles. The lowest BCUT2D eigenvalue weighted by molar-refractivity contribution is 0.478. The molecular weight excluding hydrogens is 568 g/mol. The molecule has 220 valence electrons. The van der Waals surface area contributed by atoms with E-state index >= 15 is 0 Å². The van der Waals surface area contributed by atoms with Crippen LogP contribution < -0.4 is 4.90 Å². The molecule has 8 aromatic rings. The molecule has 7 nitrogen and oxygen atoms in total. The fourth-order valence-corrected chi connectivity index (χ4v) is 5.76. The molecule has 0 saturated carbocycles. The SMILES string of the molecule is CN(C)c1ccc(-c2cc(-c3cccc(-c4cc5ccccc5nn4)c3)nc(-c3cc4nc5ccccc5nc4cc3O)c2)cc1. The summed E-state index contributed by atoms with van der Waals surface area (Å²) in [5.41, 5.74) is 11.5. The van der Waals surface area contributed by atoms with Crippen molar-refractivity contribution in [3.8, 4) is 50.6 Å². The molecule has 0 saturated heterocycles. The van der Waals surface area contributed by atoms with Crippen LogP contribution in [0.2, 0.25) is 0 Å². The Balaban J connectivity index is 1.29. The zero-order valence-electron chi connectivity index (χ0n) is 25.3. The van der Waals surface area contributed by atoms with Gasteiger partial charge in [0.2, 0.25) is 0 Å². The quantitative estimate of drug-likeness (QED) is 0.199. The Bertz CT molecular complexity index is 2420. The molecule has 0 bridgehead atoms. The van der Waals surface area contributed by atoms with Gasteiger partial charge in [-0.15, -0.1) is 10.2 Å². The van der Waals surface area contributed by atoms with E-state index in [1.54, 1.807) is 6.07 Å². The molecule has 0 atom stereocenters. The van der Waals surface area contributed by atoms with Crippen molar-refractivity contribution >= 4 is 38.7 Å². The van der Waals surface area contributed by atoms with E-state index in [-0.39, 0.29) is 5.75 Å². The number of para-hydroxylation sites is 2. The molecule has 0 aliphatic heterocycles.